The van der Waals surface area contributed by atoms with E-state index in [4.69, 9.17) is 11.6 Å². The molecule has 0 saturated carbocycles. The van der Waals surface area contributed by atoms with Gasteiger partial charge in [-0.15, -0.1) is 11.3 Å². The highest BCUT2D eigenvalue weighted by molar-refractivity contribution is 7.89. The minimum Gasteiger partial charge on any atom is -0.330 e. The lowest BCUT2D eigenvalue weighted by molar-refractivity contribution is -0.133. The van der Waals surface area contributed by atoms with Gasteiger partial charge in [0, 0.05) is 23.0 Å². The van der Waals surface area contributed by atoms with Crippen LogP contribution in [0.25, 0.3) is 0 Å². The maximum Gasteiger partial charge on any atom is 0.243 e. The molecule has 2 aromatic carbocycles. The Morgan fingerprint density at radius 1 is 1.12 bits per heavy atom. The molecule has 0 radical (unpaired) electrons. The molecule has 1 amide bonds. The Labute approximate surface area is 204 Å². The summed E-state index contributed by atoms with van der Waals surface area (Å²) in [7, 11) is -3.82. The van der Waals surface area contributed by atoms with Crippen molar-refractivity contribution in [1.29, 1.82) is 0 Å². The van der Waals surface area contributed by atoms with Crippen molar-refractivity contribution in [2.45, 2.75) is 37.6 Å². The van der Waals surface area contributed by atoms with Gasteiger partial charge >= 0.3 is 0 Å². The molecule has 5 nitrogen and oxygen atoms in total. The molecule has 1 atom stereocenters. The average molecular weight is 503 g/mol. The van der Waals surface area contributed by atoms with Gasteiger partial charge in [-0.1, -0.05) is 42.8 Å². The predicted octanol–water partition coefficient (Wildman–Crippen LogP) is 5.28. The number of halogens is 1. The zero-order valence-corrected chi connectivity index (χ0v) is 21.1. The highest BCUT2D eigenvalue weighted by Crippen LogP contribution is 2.39. The van der Waals surface area contributed by atoms with Gasteiger partial charge in [-0.2, -0.15) is 4.31 Å². The van der Waals surface area contributed by atoms with Crippen LogP contribution in [0.3, 0.4) is 0 Å². The number of sulfonamides is 1. The molecule has 1 aromatic heterocycles. The first-order valence-corrected chi connectivity index (χ1v) is 13.7. The molecule has 2 heterocycles. The van der Waals surface area contributed by atoms with Crippen LogP contribution in [0.4, 0.5) is 0 Å². The first-order chi connectivity index (χ1) is 15.8. The van der Waals surface area contributed by atoms with E-state index in [1.54, 1.807) is 23.5 Å². The lowest BCUT2D eigenvalue weighted by atomic mass is 9.90. The Hall–Kier alpha value is -2.19. The fourth-order valence-electron chi connectivity index (χ4n) is 4.34. The van der Waals surface area contributed by atoms with Gasteiger partial charge in [0.15, 0.2) is 0 Å². The summed E-state index contributed by atoms with van der Waals surface area (Å²) >= 11 is 7.65. The zero-order valence-electron chi connectivity index (χ0n) is 18.7. The second-order valence-corrected chi connectivity index (χ2v) is 11.6. The molecule has 8 heteroatoms. The van der Waals surface area contributed by atoms with E-state index in [-0.39, 0.29) is 29.9 Å². The number of carbonyl (C=O) groups excluding carboxylic acids is 1. The number of amides is 1. The standard InChI is InChI=1S/C25H27ClN2O3S2/c1-3-14-27(33(30,31)20-10-8-19(26)9-11-20)17-24(29)28-15-12-23-22(13-16-32-23)25(28)21-7-5-4-6-18(21)2/h4-11,13,16,25H,3,12,14-15,17H2,1-2H3. The lowest BCUT2D eigenvalue weighted by Gasteiger charge is -2.38. The second-order valence-electron chi connectivity index (χ2n) is 8.19. The predicted molar refractivity (Wildman–Crippen MR) is 133 cm³/mol. The van der Waals surface area contributed by atoms with Crippen LogP contribution in [0, 0.1) is 6.92 Å². The number of nitrogens with zero attached hydrogens (tertiary/aromatic N) is 2. The Balaban J connectivity index is 1.66. The van der Waals surface area contributed by atoms with Crippen LogP contribution in [0.15, 0.2) is 64.9 Å². The molecule has 1 unspecified atom stereocenters. The second kappa shape index (κ2) is 9.97. The van der Waals surface area contributed by atoms with E-state index >= 15 is 0 Å². The van der Waals surface area contributed by atoms with Crippen molar-refractivity contribution in [1.82, 2.24) is 9.21 Å². The first kappa shape index (κ1) is 24.0. The van der Waals surface area contributed by atoms with Gasteiger partial charge in [0.25, 0.3) is 0 Å². The van der Waals surface area contributed by atoms with Crippen LogP contribution in [-0.2, 0) is 21.2 Å². The smallest absolute Gasteiger partial charge is 0.243 e. The largest absolute Gasteiger partial charge is 0.330 e. The number of aryl methyl sites for hydroxylation is 1. The quantitative estimate of drug-likeness (QED) is 0.441. The molecule has 3 aromatic rings. The van der Waals surface area contributed by atoms with Gasteiger partial charge in [-0.05, 0) is 72.2 Å². The minimum atomic E-state index is -3.82. The number of thiophene rings is 1. The Morgan fingerprint density at radius 2 is 1.85 bits per heavy atom. The highest BCUT2D eigenvalue weighted by atomic mass is 35.5. The van der Waals surface area contributed by atoms with Crippen molar-refractivity contribution in [2.24, 2.45) is 0 Å². The summed E-state index contributed by atoms with van der Waals surface area (Å²) in [6.45, 7) is 4.59. The maximum atomic E-state index is 13.6. The van der Waals surface area contributed by atoms with Gasteiger partial charge in [-0.25, -0.2) is 8.42 Å². The molecular formula is C25H27ClN2O3S2. The van der Waals surface area contributed by atoms with Gasteiger partial charge in [0.1, 0.15) is 0 Å². The van der Waals surface area contributed by atoms with E-state index in [0.29, 0.717) is 18.0 Å². The molecule has 0 fully saturated rings. The molecule has 4 rings (SSSR count). The monoisotopic (exact) mass is 502 g/mol. The van der Waals surface area contributed by atoms with E-state index < -0.39 is 10.0 Å². The normalized spacial score (nSPS) is 16.1. The van der Waals surface area contributed by atoms with Crippen molar-refractivity contribution < 1.29 is 13.2 Å². The molecular weight excluding hydrogens is 476 g/mol. The van der Waals surface area contributed by atoms with Crippen LogP contribution in [-0.4, -0.2) is 43.2 Å². The van der Waals surface area contributed by atoms with E-state index in [9.17, 15) is 13.2 Å². The van der Waals surface area contributed by atoms with Crippen molar-refractivity contribution >= 4 is 38.9 Å². The topological polar surface area (TPSA) is 57.7 Å². The van der Waals surface area contributed by atoms with Crippen LogP contribution in [0.1, 0.15) is 41.0 Å². The average Bonchev–Trinajstić information content (AvgIpc) is 3.28. The first-order valence-electron chi connectivity index (χ1n) is 11.0. The molecule has 174 valence electrons. The summed E-state index contributed by atoms with van der Waals surface area (Å²) < 4.78 is 27.9. The molecule has 0 spiro atoms. The Morgan fingerprint density at radius 3 is 2.55 bits per heavy atom. The maximum absolute atomic E-state index is 13.6. The molecule has 0 bridgehead atoms. The summed E-state index contributed by atoms with van der Waals surface area (Å²) in [5.74, 6) is -0.189. The lowest BCUT2D eigenvalue weighted by Crippen LogP contribution is -2.47. The van der Waals surface area contributed by atoms with Crippen molar-refractivity contribution in [2.75, 3.05) is 19.6 Å². The van der Waals surface area contributed by atoms with Gasteiger partial charge in [-0.3, -0.25) is 4.79 Å². The fourth-order valence-corrected chi connectivity index (χ4v) is 6.86. The van der Waals surface area contributed by atoms with E-state index in [1.807, 2.05) is 36.9 Å². The number of rotatable bonds is 7. The summed E-state index contributed by atoms with van der Waals surface area (Å²) in [6.07, 6.45) is 1.38. The van der Waals surface area contributed by atoms with Gasteiger partial charge in [0.2, 0.25) is 15.9 Å². The van der Waals surface area contributed by atoms with Crippen molar-refractivity contribution in [3.8, 4) is 0 Å². The highest BCUT2D eigenvalue weighted by Gasteiger charge is 2.35. The van der Waals surface area contributed by atoms with Gasteiger partial charge in [0.05, 0.1) is 17.5 Å². The van der Waals surface area contributed by atoms with Crippen molar-refractivity contribution in [3.63, 3.8) is 0 Å². The number of hydrogen-bond acceptors (Lipinski definition) is 4. The molecule has 0 saturated heterocycles. The summed E-state index contributed by atoms with van der Waals surface area (Å²) in [5, 5.41) is 2.53. The third-order valence-electron chi connectivity index (χ3n) is 6.01. The van der Waals surface area contributed by atoms with Gasteiger partial charge < -0.3 is 4.90 Å². The van der Waals surface area contributed by atoms with Crippen molar-refractivity contribution in [3.05, 3.63) is 86.6 Å². The molecule has 0 N–H and O–H groups in total. The summed E-state index contributed by atoms with van der Waals surface area (Å²) in [5.41, 5.74) is 3.32. The number of carbonyl (C=O) groups is 1. The van der Waals surface area contributed by atoms with E-state index in [1.165, 1.54) is 21.3 Å². The number of benzene rings is 2. The SMILES string of the molecule is CCCN(CC(=O)N1CCc2sccc2C1c1ccccc1C)S(=O)(=O)c1ccc(Cl)cc1. The zero-order chi connectivity index (χ0) is 23.6. The molecule has 33 heavy (non-hydrogen) atoms. The fraction of sp³-hybridized carbons (Fsp3) is 0.320. The summed E-state index contributed by atoms with van der Waals surface area (Å²) in [4.78, 5) is 16.9. The molecule has 1 aliphatic heterocycles. The van der Waals surface area contributed by atoms with E-state index in [0.717, 1.165) is 23.1 Å². The minimum absolute atomic E-state index is 0.141. The Bertz CT molecular complexity index is 1240. The van der Waals surface area contributed by atoms with Crippen LogP contribution in [0.2, 0.25) is 5.02 Å². The van der Waals surface area contributed by atoms with Crippen LogP contribution in [0.5, 0.6) is 0 Å². The van der Waals surface area contributed by atoms with Crippen LogP contribution < -0.4 is 0 Å². The summed E-state index contributed by atoms with van der Waals surface area (Å²) in [6, 6.07) is 16.0. The number of hydrogen-bond donors (Lipinski definition) is 0. The molecule has 0 aliphatic carbocycles. The van der Waals surface area contributed by atoms with E-state index in [2.05, 4.69) is 17.5 Å². The number of fused-ring (bicyclic) bond motifs is 1. The third kappa shape index (κ3) is 4.87. The molecule has 1 aliphatic rings. The third-order valence-corrected chi connectivity index (χ3v) is 9.11. The Kier molecular flexibility index (Phi) is 7.24. The van der Waals surface area contributed by atoms with Crippen LogP contribution >= 0.6 is 22.9 Å².